The number of benzene rings is 2. The molecule has 1 N–H and O–H groups in total. The molecule has 0 spiro atoms. The van der Waals surface area contributed by atoms with E-state index in [1.54, 1.807) is 6.08 Å². The minimum absolute atomic E-state index is 0.133. The highest BCUT2D eigenvalue weighted by Crippen LogP contribution is 2.24. The lowest BCUT2D eigenvalue weighted by molar-refractivity contribution is -0.116. The van der Waals surface area contributed by atoms with E-state index >= 15 is 0 Å². The molecule has 0 radical (unpaired) electrons. The number of carbonyl (C=O) groups excluding carboxylic acids is 1. The number of hydrogen-bond donors (Lipinski definition) is 1. The Balaban J connectivity index is 1.98. The summed E-state index contributed by atoms with van der Waals surface area (Å²) in [7, 11) is 0. The van der Waals surface area contributed by atoms with Crippen molar-refractivity contribution in [2.75, 3.05) is 6.61 Å². The van der Waals surface area contributed by atoms with Crippen molar-refractivity contribution >= 4 is 27.9 Å². The van der Waals surface area contributed by atoms with E-state index in [9.17, 15) is 4.79 Å². The summed E-state index contributed by atoms with van der Waals surface area (Å²) in [5.74, 6) is 0.629. The highest BCUT2D eigenvalue weighted by molar-refractivity contribution is 9.10. The molecule has 3 nitrogen and oxygen atoms in total. The van der Waals surface area contributed by atoms with Crippen molar-refractivity contribution in [1.29, 1.82) is 0 Å². The second-order valence-electron chi connectivity index (χ2n) is 4.65. The second-order valence-corrected chi connectivity index (χ2v) is 5.57. The first-order valence-corrected chi connectivity index (χ1v) is 7.90. The largest absolute Gasteiger partial charge is 0.493 e. The van der Waals surface area contributed by atoms with Gasteiger partial charge in [-0.1, -0.05) is 46.3 Å². The van der Waals surface area contributed by atoms with Gasteiger partial charge in [0, 0.05) is 22.7 Å². The minimum Gasteiger partial charge on any atom is -0.493 e. The van der Waals surface area contributed by atoms with Crippen molar-refractivity contribution in [2.45, 2.75) is 13.5 Å². The highest BCUT2D eigenvalue weighted by atomic mass is 79.9. The van der Waals surface area contributed by atoms with E-state index in [1.165, 1.54) is 6.08 Å². The Morgan fingerprint density at radius 3 is 2.73 bits per heavy atom. The fourth-order valence-corrected chi connectivity index (χ4v) is 2.32. The van der Waals surface area contributed by atoms with Crippen LogP contribution in [0.1, 0.15) is 18.1 Å². The summed E-state index contributed by atoms with van der Waals surface area (Å²) in [6.07, 6.45) is 3.28. The molecule has 0 atom stereocenters. The molecule has 0 aliphatic rings. The third-order valence-corrected chi connectivity index (χ3v) is 3.49. The maximum Gasteiger partial charge on any atom is 0.244 e. The maximum atomic E-state index is 11.9. The van der Waals surface area contributed by atoms with E-state index in [4.69, 9.17) is 4.74 Å². The van der Waals surface area contributed by atoms with E-state index in [0.717, 1.165) is 21.3 Å². The number of amides is 1. The van der Waals surface area contributed by atoms with E-state index in [-0.39, 0.29) is 5.91 Å². The van der Waals surface area contributed by atoms with E-state index in [2.05, 4.69) is 21.2 Å². The summed E-state index contributed by atoms with van der Waals surface area (Å²) in [6.45, 7) is 3.03. The van der Waals surface area contributed by atoms with Gasteiger partial charge < -0.3 is 10.1 Å². The minimum atomic E-state index is -0.133. The third-order valence-electron chi connectivity index (χ3n) is 3.00. The number of hydrogen-bond acceptors (Lipinski definition) is 2. The summed E-state index contributed by atoms with van der Waals surface area (Å²) >= 11 is 3.43. The van der Waals surface area contributed by atoms with Crippen LogP contribution in [-0.4, -0.2) is 12.5 Å². The molecule has 0 unspecified atom stereocenters. The van der Waals surface area contributed by atoms with Gasteiger partial charge >= 0.3 is 0 Å². The molecule has 0 heterocycles. The Bertz CT molecular complexity index is 653. The van der Waals surface area contributed by atoms with Crippen molar-refractivity contribution in [3.05, 3.63) is 70.2 Å². The molecule has 2 aromatic carbocycles. The van der Waals surface area contributed by atoms with Crippen molar-refractivity contribution in [3.8, 4) is 5.75 Å². The molecule has 0 aliphatic heterocycles. The molecule has 4 heteroatoms. The van der Waals surface area contributed by atoms with Gasteiger partial charge in [-0.05, 0) is 36.8 Å². The van der Waals surface area contributed by atoms with Gasteiger partial charge in [0.2, 0.25) is 5.91 Å². The Morgan fingerprint density at radius 1 is 1.23 bits per heavy atom. The van der Waals surface area contributed by atoms with Crippen LogP contribution in [-0.2, 0) is 11.3 Å². The quantitative estimate of drug-likeness (QED) is 0.785. The molecule has 114 valence electrons. The number of ether oxygens (including phenoxy) is 1. The molecule has 0 saturated heterocycles. The number of rotatable bonds is 6. The Kier molecular flexibility index (Phi) is 6.22. The van der Waals surface area contributed by atoms with Crippen molar-refractivity contribution < 1.29 is 9.53 Å². The van der Waals surface area contributed by atoms with E-state index < -0.39 is 0 Å². The van der Waals surface area contributed by atoms with Gasteiger partial charge in [-0.3, -0.25) is 4.79 Å². The first-order valence-electron chi connectivity index (χ1n) is 7.11. The SMILES string of the molecule is CCOc1ccc(Br)cc1/C=C/C(=O)NCc1ccccc1. The van der Waals surface area contributed by atoms with Gasteiger partial charge in [-0.15, -0.1) is 0 Å². The molecule has 0 aliphatic carbocycles. The Labute approximate surface area is 139 Å². The first kappa shape index (κ1) is 16.3. The van der Waals surface area contributed by atoms with Crippen LogP contribution in [0.2, 0.25) is 0 Å². The molecule has 1 amide bonds. The molecular weight excluding hydrogens is 342 g/mol. The second kappa shape index (κ2) is 8.39. The molecule has 0 saturated carbocycles. The summed E-state index contributed by atoms with van der Waals surface area (Å²) in [4.78, 5) is 11.9. The van der Waals surface area contributed by atoms with E-state index in [0.29, 0.717) is 13.2 Å². The van der Waals surface area contributed by atoms with Gasteiger partial charge in [0.1, 0.15) is 5.75 Å². The molecule has 0 aromatic heterocycles. The van der Waals surface area contributed by atoms with Crippen LogP contribution in [0.4, 0.5) is 0 Å². The van der Waals surface area contributed by atoms with Crippen LogP contribution in [0.5, 0.6) is 5.75 Å². The number of halogens is 1. The number of nitrogens with one attached hydrogen (secondary N) is 1. The van der Waals surface area contributed by atoms with Crippen LogP contribution in [0.3, 0.4) is 0 Å². The molecule has 0 fully saturated rings. The van der Waals surface area contributed by atoms with Gasteiger partial charge in [0.15, 0.2) is 0 Å². The van der Waals surface area contributed by atoms with Crippen LogP contribution in [0, 0.1) is 0 Å². The fourth-order valence-electron chi connectivity index (χ4n) is 1.95. The monoisotopic (exact) mass is 359 g/mol. The van der Waals surface area contributed by atoms with Crippen LogP contribution in [0.15, 0.2) is 59.1 Å². The predicted octanol–water partition coefficient (Wildman–Crippen LogP) is 4.18. The predicted molar refractivity (Wildman–Crippen MR) is 92.6 cm³/mol. The molecule has 22 heavy (non-hydrogen) atoms. The lowest BCUT2D eigenvalue weighted by Gasteiger charge is -2.07. The van der Waals surface area contributed by atoms with Gasteiger partial charge in [-0.2, -0.15) is 0 Å². The topological polar surface area (TPSA) is 38.3 Å². The van der Waals surface area contributed by atoms with Gasteiger partial charge in [0.25, 0.3) is 0 Å². The zero-order chi connectivity index (χ0) is 15.8. The summed E-state index contributed by atoms with van der Waals surface area (Å²) in [5.41, 5.74) is 1.94. The summed E-state index contributed by atoms with van der Waals surface area (Å²) in [6, 6.07) is 15.5. The van der Waals surface area contributed by atoms with Gasteiger partial charge in [-0.25, -0.2) is 0 Å². The molecule has 2 rings (SSSR count). The maximum absolute atomic E-state index is 11.9. The standard InChI is InChI=1S/C18H18BrNO2/c1-2-22-17-10-9-16(19)12-15(17)8-11-18(21)20-13-14-6-4-3-5-7-14/h3-12H,2,13H2,1H3,(H,20,21)/b11-8+. The summed E-state index contributed by atoms with van der Waals surface area (Å²) < 4.78 is 6.49. The van der Waals surface area contributed by atoms with Crippen molar-refractivity contribution in [2.24, 2.45) is 0 Å². The first-order chi connectivity index (χ1) is 10.7. The molecule has 0 bridgehead atoms. The average molecular weight is 360 g/mol. The normalized spacial score (nSPS) is 10.6. The summed E-state index contributed by atoms with van der Waals surface area (Å²) in [5, 5.41) is 2.86. The highest BCUT2D eigenvalue weighted by Gasteiger charge is 2.02. The third kappa shape index (κ3) is 5.04. The Morgan fingerprint density at radius 2 is 2.00 bits per heavy atom. The number of carbonyl (C=O) groups is 1. The average Bonchev–Trinajstić information content (AvgIpc) is 2.54. The van der Waals surface area contributed by atoms with E-state index in [1.807, 2.05) is 55.5 Å². The Hall–Kier alpha value is -2.07. The van der Waals surface area contributed by atoms with Crippen LogP contribution >= 0.6 is 15.9 Å². The lowest BCUT2D eigenvalue weighted by Crippen LogP contribution is -2.20. The zero-order valence-electron chi connectivity index (χ0n) is 12.4. The lowest BCUT2D eigenvalue weighted by atomic mass is 10.2. The van der Waals surface area contributed by atoms with Crippen LogP contribution in [0.25, 0.3) is 6.08 Å². The van der Waals surface area contributed by atoms with Crippen LogP contribution < -0.4 is 10.1 Å². The van der Waals surface area contributed by atoms with Crippen molar-refractivity contribution in [1.82, 2.24) is 5.32 Å². The molecule has 2 aromatic rings. The fraction of sp³-hybridized carbons (Fsp3) is 0.167. The molecular formula is C18H18BrNO2. The van der Waals surface area contributed by atoms with Gasteiger partial charge in [0.05, 0.1) is 6.61 Å². The smallest absolute Gasteiger partial charge is 0.244 e. The van der Waals surface area contributed by atoms with Crippen molar-refractivity contribution in [3.63, 3.8) is 0 Å². The zero-order valence-corrected chi connectivity index (χ0v) is 14.0.